The summed E-state index contributed by atoms with van der Waals surface area (Å²) in [7, 11) is 1.83. The fourth-order valence-corrected chi connectivity index (χ4v) is 3.57. The van der Waals surface area contributed by atoms with Crippen LogP contribution in [-0.2, 0) is 28.5 Å². The van der Waals surface area contributed by atoms with Crippen molar-refractivity contribution in [2.24, 2.45) is 11.8 Å². The Hall–Kier alpha value is -1.44. The molecule has 13 heteroatoms. The van der Waals surface area contributed by atoms with Crippen LogP contribution in [0.25, 0.3) is 0 Å². The lowest BCUT2D eigenvalue weighted by atomic mass is 9.71. The smallest absolute Gasteiger partial charge is 0.508 e. The first-order valence-electron chi connectivity index (χ1n) is 8.61. The maximum Gasteiger partial charge on any atom is 0.551 e. The molecule has 0 bridgehead atoms. The lowest BCUT2D eigenvalue weighted by Crippen LogP contribution is -2.59. The number of hydrogen-bond donors (Lipinski definition) is 4. The maximum absolute atomic E-state index is 12.2. The number of carbonyl (C=O) groups excluding carboxylic acids is 2. The molecular weight excluding hydrogens is 411 g/mol. The summed E-state index contributed by atoms with van der Waals surface area (Å²) in [5.41, 5.74) is 0. The van der Waals surface area contributed by atoms with Crippen molar-refractivity contribution < 1.29 is 38.7 Å². The van der Waals surface area contributed by atoms with Gasteiger partial charge in [0.15, 0.2) is 5.92 Å². The number of carboxylic acids is 2. The van der Waals surface area contributed by atoms with Crippen LogP contribution in [0.1, 0.15) is 26.7 Å². The lowest BCUT2D eigenvalue weighted by Gasteiger charge is -2.35. The number of rotatable bonds is 12. The van der Waals surface area contributed by atoms with Gasteiger partial charge in [-0.15, -0.1) is 0 Å². The van der Waals surface area contributed by atoms with E-state index in [1.165, 1.54) is 10.8 Å². The molecule has 2 unspecified atom stereocenters. The summed E-state index contributed by atoms with van der Waals surface area (Å²) in [6.45, 7) is 3.83. The van der Waals surface area contributed by atoms with E-state index in [4.69, 9.17) is 14.4 Å². The number of hydrogen-bond acceptors (Lipinski definition) is 9. The fourth-order valence-electron chi connectivity index (χ4n) is 2.66. The predicted molar refractivity (Wildman–Crippen MR) is 105 cm³/mol. The molecule has 4 N–H and O–H groups in total. The molecule has 0 spiro atoms. The molecule has 1 amide bonds. The van der Waals surface area contributed by atoms with E-state index in [0.717, 1.165) is 0 Å². The van der Waals surface area contributed by atoms with Gasteiger partial charge in [0, 0.05) is 0 Å². The second-order valence-corrected chi connectivity index (χ2v) is 9.12. The van der Waals surface area contributed by atoms with Gasteiger partial charge in [0.1, 0.15) is 0 Å². The molecule has 1 aliphatic heterocycles. The van der Waals surface area contributed by atoms with Crippen molar-refractivity contribution in [2.45, 2.75) is 38.7 Å². The predicted octanol–water partition coefficient (Wildman–Crippen LogP) is 0.221. The van der Waals surface area contributed by atoms with E-state index in [1.54, 1.807) is 10.8 Å². The zero-order valence-electron chi connectivity index (χ0n) is 15.9. The molecule has 0 saturated carbocycles. The first kappa shape index (κ1) is 24.6. The third-order valence-electron chi connectivity index (χ3n) is 3.77. The van der Waals surface area contributed by atoms with Crippen LogP contribution in [0.2, 0.25) is 0 Å². The second-order valence-electron chi connectivity index (χ2n) is 6.55. The van der Waals surface area contributed by atoms with Gasteiger partial charge in [-0.05, 0) is 18.6 Å². The third-order valence-corrected chi connectivity index (χ3v) is 5.39. The molecule has 28 heavy (non-hydrogen) atoms. The minimum atomic E-state index is -1.73. The first-order chi connectivity index (χ1) is 13.1. The molecular formula is C15H25BN2O8S2. The van der Waals surface area contributed by atoms with E-state index in [9.17, 15) is 24.3 Å². The summed E-state index contributed by atoms with van der Waals surface area (Å²) >= 11 is 0. The molecule has 158 valence electrons. The number of amides is 1. The van der Waals surface area contributed by atoms with E-state index >= 15 is 0 Å². The van der Waals surface area contributed by atoms with Crippen LogP contribution in [0.3, 0.4) is 0 Å². The van der Waals surface area contributed by atoms with Crippen LogP contribution in [0.15, 0.2) is 0 Å². The Morgan fingerprint density at radius 3 is 2.50 bits per heavy atom. The molecule has 0 aromatic heterocycles. The van der Waals surface area contributed by atoms with Crippen molar-refractivity contribution in [3.63, 3.8) is 0 Å². The van der Waals surface area contributed by atoms with E-state index < -0.39 is 49.4 Å². The number of nitrogens with one attached hydrogen (secondary N) is 2. The summed E-state index contributed by atoms with van der Waals surface area (Å²) in [5.74, 6) is -6.04. The van der Waals surface area contributed by atoms with Crippen LogP contribution in [0, 0.1) is 11.8 Å². The molecule has 1 fully saturated rings. The Bertz CT molecular complexity index is 580. The highest BCUT2D eigenvalue weighted by Crippen LogP contribution is 2.24. The minimum Gasteiger partial charge on any atom is -0.508 e. The molecule has 0 radical (unpaired) electrons. The monoisotopic (exact) mass is 436 g/mol. The van der Waals surface area contributed by atoms with E-state index in [-0.39, 0.29) is 18.4 Å². The van der Waals surface area contributed by atoms with Gasteiger partial charge < -0.3 is 24.8 Å². The zero-order valence-corrected chi connectivity index (χ0v) is 17.5. The molecule has 1 aliphatic rings. The quantitative estimate of drug-likeness (QED) is 0.109. The molecule has 0 aromatic rings. The van der Waals surface area contributed by atoms with Crippen LogP contribution in [-0.4, -0.2) is 71.9 Å². The van der Waals surface area contributed by atoms with Gasteiger partial charge in [0.05, 0.1) is 30.9 Å². The Kier molecular flexibility index (Phi) is 10.7. The van der Waals surface area contributed by atoms with Gasteiger partial charge >= 0.3 is 25.0 Å². The maximum atomic E-state index is 12.2. The Balaban J connectivity index is 2.85. The first-order valence-corrected chi connectivity index (χ1v) is 11.3. The largest absolute Gasteiger partial charge is 0.551 e. The van der Waals surface area contributed by atoms with Crippen LogP contribution < -0.4 is 10.6 Å². The van der Waals surface area contributed by atoms with Crippen LogP contribution >= 0.6 is 21.6 Å². The van der Waals surface area contributed by atoms with Gasteiger partial charge in [-0.2, -0.15) is 0 Å². The van der Waals surface area contributed by atoms with Crippen molar-refractivity contribution in [1.29, 1.82) is 0 Å². The molecule has 10 nitrogen and oxygen atoms in total. The Morgan fingerprint density at radius 2 is 1.96 bits per heavy atom. The van der Waals surface area contributed by atoms with Gasteiger partial charge in [0.25, 0.3) is 0 Å². The fraction of sp³-hybridized carbons (Fsp3) is 0.733. The zero-order chi connectivity index (χ0) is 21.3. The average Bonchev–Trinajstić information content (AvgIpc) is 2.56. The molecule has 0 aliphatic carbocycles. The summed E-state index contributed by atoms with van der Waals surface area (Å²) in [6.07, 6.45) is 0.251. The van der Waals surface area contributed by atoms with E-state index in [1.807, 2.05) is 20.1 Å². The van der Waals surface area contributed by atoms with Crippen molar-refractivity contribution in [1.82, 2.24) is 10.6 Å². The topological polar surface area (TPSA) is 151 Å². The SMILES string of the molecule is CSSCNCC(=O)N[C@@H](CC(C)C)B1OC(=O)C(C(=O)O)C(CC(=O)O)O1. The number of carboxylic acid groups (broad SMARTS) is 2. The van der Waals surface area contributed by atoms with Crippen LogP contribution in [0.5, 0.6) is 0 Å². The molecule has 1 rings (SSSR count). The Morgan fingerprint density at radius 1 is 1.29 bits per heavy atom. The van der Waals surface area contributed by atoms with Gasteiger partial charge in [0.2, 0.25) is 5.91 Å². The summed E-state index contributed by atoms with van der Waals surface area (Å²) in [5, 5.41) is 23.9. The minimum absolute atomic E-state index is 0.0408. The average molecular weight is 436 g/mol. The van der Waals surface area contributed by atoms with Crippen molar-refractivity contribution in [3.05, 3.63) is 0 Å². The van der Waals surface area contributed by atoms with Crippen LogP contribution in [0.4, 0.5) is 0 Å². The summed E-state index contributed by atoms with van der Waals surface area (Å²) in [4.78, 5) is 46.7. The molecule has 1 saturated heterocycles. The van der Waals surface area contributed by atoms with Gasteiger partial charge in [-0.3, -0.25) is 24.5 Å². The van der Waals surface area contributed by atoms with Gasteiger partial charge in [-0.25, -0.2) is 0 Å². The Labute approximate surface area is 171 Å². The van der Waals surface area contributed by atoms with E-state index in [0.29, 0.717) is 12.3 Å². The molecule has 0 aromatic carbocycles. The lowest BCUT2D eigenvalue weighted by molar-refractivity contribution is -0.165. The highest BCUT2D eigenvalue weighted by Gasteiger charge is 2.50. The van der Waals surface area contributed by atoms with Crippen molar-refractivity contribution in [3.8, 4) is 0 Å². The molecule has 1 heterocycles. The second kappa shape index (κ2) is 12.2. The summed E-state index contributed by atoms with van der Waals surface area (Å²) in [6, 6.07) is 0. The van der Waals surface area contributed by atoms with Crippen molar-refractivity contribution >= 4 is 52.5 Å². The van der Waals surface area contributed by atoms with Gasteiger partial charge in [-0.1, -0.05) is 35.4 Å². The standard InChI is InChI=1S/C15H25BN2O8S2/c1-8(2)4-10(18-11(19)6-17-7-28-27-3)16-25-9(5-12(20)21)13(14(22)23)15(24)26-16/h8-10,13,17H,4-7H2,1-3H3,(H,18,19)(H,20,21)(H,22,23)/t9?,10-,13?/m0/s1. The van der Waals surface area contributed by atoms with E-state index in [2.05, 4.69) is 10.6 Å². The third kappa shape index (κ3) is 8.29. The highest BCUT2D eigenvalue weighted by molar-refractivity contribution is 8.76. The summed E-state index contributed by atoms with van der Waals surface area (Å²) < 4.78 is 10.6. The van der Waals surface area contributed by atoms with Crippen molar-refractivity contribution in [2.75, 3.05) is 18.7 Å². The number of carbonyl (C=O) groups is 4. The number of aliphatic carboxylic acids is 2. The highest BCUT2D eigenvalue weighted by atomic mass is 33.1. The normalized spacial score (nSPS) is 20.6. The molecule has 3 atom stereocenters.